The third-order valence-electron chi connectivity index (χ3n) is 6.34. The van der Waals surface area contributed by atoms with Gasteiger partial charge in [0.1, 0.15) is 11.6 Å². The first-order chi connectivity index (χ1) is 12.2. The molecule has 2 aromatic rings. The zero-order valence-electron chi connectivity index (χ0n) is 14.8. The van der Waals surface area contributed by atoms with Crippen molar-refractivity contribution in [3.63, 3.8) is 0 Å². The predicted octanol–water partition coefficient (Wildman–Crippen LogP) is 4.30. The number of hydrogen-bond acceptors (Lipinski definition) is 5. The van der Waals surface area contributed by atoms with Gasteiger partial charge in [-0.3, -0.25) is 4.79 Å². The maximum Gasteiger partial charge on any atom is 0.209 e. The first kappa shape index (κ1) is 17.5. The van der Waals surface area contributed by atoms with Crippen molar-refractivity contribution in [2.75, 3.05) is 5.75 Å². The summed E-state index contributed by atoms with van der Waals surface area (Å²) in [6, 6.07) is 2.96. The van der Waals surface area contributed by atoms with Crippen LogP contribution in [-0.2, 0) is 5.41 Å². The molecule has 1 aromatic heterocycles. The number of rotatable bonds is 4. The van der Waals surface area contributed by atoms with Gasteiger partial charge < -0.3 is 0 Å². The standard InChI is InChI=1S/C19H19F2N3OS/c1-18(2)12-6-7-19(18,3)16-15(12)23-24-17(22-16)26-9-14(25)11-5-4-10(20)8-13(11)21/h4-5,8,12H,6-7,9H2,1-3H3/t12-,19+/m0/s1. The van der Waals surface area contributed by atoms with E-state index in [-0.39, 0.29) is 22.1 Å². The number of ketones is 1. The number of aromatic nitrogens is 3. The Labute approximate surface area is 154 Å². The normalized spacial score (nSPS) is 25.3. The number of thioether (sulfide) groups is 1. The first-order valence-corrected chi connectivity index (χ1v) is 9.59. The largest absolute Gasteiger partial charge is 0.293 e. The second kappa shape index (κ2) is 5.81. The third kappa shape index (κ3) is 2.40. The molecule has 2 aliphatic carbocycles. The van der Waals surface area contributed by atoms with E-state index in [0.717, 1.165) is 48.1 Å². The van der Waals surface area contributed by atoms with Crippen LogP contribution in [0, 0.1) is 17.0 Å². The van der Waals surface area contributed by atoms with E-state index in [1.54, 1.807) is 0 Å². The molecule has 0 aliphatic heterocycles. The summed E-state index contributed by atoms with van der Waals surface area (Å²) in [5, 5.41) is 8.98. The van der Waals surface area contributed by atoms with E-state index < -0.39 is 17.4 Å². The second-order valence-corrected chi connectivity index (χ2v) is 8.75. The Kier molecular flexibility index (Phi) is 3.91. The Morgan fingerprint density at radius 1 is 1.27 bits per heavy atom. The van der Waals surface area contributed by atoms with Crippen LogP contribution in [-0.4, -0.2) is 26.7 Å². The number of halogens is 2. The molecule has 136 valence electrons. The van der Waals surface area contributed by atoms with Crippen LogP contribution in [0.3, 0.4) is 0 Å². The van der Waals surface area contributed by atoms with E-state index in [1.807, 2.05) is 0 Å². The van der Waals surface area contributed by atoms with Crippen LogP contribution in [0.15, 0.2) is 23.4 Å². The minimum Gasteiger partial charge on any atom is -0.293 e. The lowest BCUT2D eigenvalue weighted by Crippen LogP contribution is -2.32. The van der Waals surface area contributed by atoms with Crippen molar-refractivity contribution in [3.05, 3.63) is 46.8 Å². The van der Waals surface area contributed by atoms with Crippen LogP contribution in [0.25, 0.3) is 0 Å². The van der Waals surface area contributed by atoms with Gasteiger partial charge in [-0.1, -0.05) is 32.5 Å². The molecule has 7 heteroatoms. The molecule has 1 heterocycles. The van der Waals surface area contributed by atoms with Gasteiger partial charge in [-0.05, 0) is 30.4 Å². The first-order valence-electron chi connectivity index (χ1n) is 8.60. The van der Waals surface area contributed by atoms with Gasteiger partial charge in [-0.2, -0.15) is 5.10 Å². The van der Waals surface area contributed by atoms with Crippen molar-refractivity contribution in [1.29, 1.82) is 0 Å². The monoisotopic (exact) mass is 375 g/mol. The number of carbonyl (C=O) groups excluding carboxylic acids is 1. The fraction of sp³-hybridized carbons (Fsp3) is 0.474. The summed E-state index contributed by atoms with van der Waals surface area (Å²) in [5.41, 5.74) is 1.89. The SMILES string of the molecule is CC1(C)[C@H]2CC[C@]1(C)c1nc(SCC(=O)c3ccc(F)cc3F)nnc12. The zero-order chi connectivity index (χ0) is 18.7. The van der Waals surface area contributed by atoms with Crippen molar-refractivity contribution in [3.8, 4) is 0 Å². The van der Waals surface area contributed by atoms with Crippen LogP contribution in [0.1, 0.15) is 61.3 Å². The summed E-state index contributed by atoms with van der Waals surface area (Å²) in [7, 11) is 0. The van der Waals surface area contributed by atoms with Crippen molar-refractivity contribution in [2.24, 2.45) is 5.41 Å². The fourth-order valence-electron chi connectivity index (χ4n) is 4.35. The average molecular weight is 375 g/mol. The molecule has 2 aliphatic rings. The molecule has 1 saturated carbocycles. The molecule has 0 unspecified atom stereocenters. The van der Waals surface area contributed by atoms with Gasteiger partial charge in [0.2, 0.25) is 5.16 Å². The molecule has 4 rings (SSSR count). The molecular formula is C19H19F2N3OS. The van der Waals surface area contributed by atoms with Crippen LogP contribution < -0.4 is 0 Å². The smallest absolute Gasteiger partial charge is 0.209 e. The minimum absolute atomic E-state index is 0.0213. The maximum atomic E-state index is 13.7. The highest BCUT2D eigenvalue weighted by molar-refractivity contribution is 7.99. The Hall–Kier alpha value is -1.89. The molecule has 1 fully saturated rings. The second-order valence-electron chi connectivity index (χ2n) is 7.81. The van der Waals surface area contributed by atoms with Crippen LogP contribution in [0.4, 0.5) is 8.78 Å². The predicted molar refractivity (Wildman–Crippen MR) is 94.3 cm³/mol. The maximum absolute atomic E-state index is 13.7. The Balaban J connectivity index is 1.54. The Morgan fingerprint density at radius 3 is 2.77 bits per heavy atom. The summed E-state index contributed by atoms with van der Waals surface area (Å²) in [5.74, 6) is -1.63. The van der Waals surface area contributed by atoms with Crippen molar-refractivity contribution >= 4 is 17.5 Å². The number of nitrogens with zero attached hydrogens (tertiary/aromatic N) is 3. The van der Waals surface area contributed by atoms with Crippen LogP contribution in [0.2, 0.25) is 0 Å². The Bertz CT molecular complexity index is 918. The van der Waals surface area contributed by atoms with Gasteiger partial charge in [0, 0.05) is 17.4 Å². The molecule has 4 nitrogen and oxygen atoms in total. The van der Waals surface area contributed by atoms with Gasteiger partial charge in [-0.25, -0.2) is 13.8 Å². The number of carbonyl (C=O) groups is 1. The van der Waals surface area contributed by atoms with Gasteiger partial charge in [-0.15, -0.1) is 5.10 Å². The van der Waals surface area contributed by atoms with Crippen LogP contribution >= 0.6 is 11.8 Å². The molecule has 0 radical (unpaired) electrons. The fourth-order valence-corrected chi connectivity index (χ4v) is 5.02. The van der Waals surface area contributed by atoms with E-state index >= 15 is 0 Å². The molecule has 0 amide bonds. The number of hydrogen-bond donors (Lipinski definition) is 0. The van der Waals surface area contributed by atoms with Gasteiger partial charge >= 0.3 is 0 Å². The molecule has 1 aromatic carbocycles. The summed E-state index contributed by atoms with van der Waals surface area (Å²) < 4.78 is 26.7. The third-order valence-corrected chi connectivity index (χ3v) is 7.17. The molecule has 0 N–H and O–H groups in total. The number of fused-ring (bicyclic) bond motifs is 5. The van der Waals surface area contributed by atoms with E-state index in [2.05, 4.69) is 36.0 Å². The Morgan fingerprint density at radius 2 is 2.04 bits per heavy atom. The number of Topliss-reactive ketones (excluding diaryl/α,β-unsaturated/α-hetero) is 1. The van der Waals surface area contributed by atoms with Crippen LogP contribution in [0.5, 0.6) is 0 Å². The van der Waals surface area contributed by atoms with Crippen molar-refractivity contribution in [2.45, 2.75) is 50.1 Å². The molecule has 2 atom stereocenters. The molecule has 0 spiro atoms. The topological polar surface area (TPSA) is 55.7 Å². The highest BCUT2D eigenvalue weighted by Crippen LogP contribution is 2.66. The van der Waals surface area contributed by atoms with Gasteiger partial charge in [0.15, 0.2) is 5.78 Å². The average Bonchev–Trinajstić information content (AvgIpc) is 2.92. The lowest BCUT2D eigenvalue weighted by atomic mass is 9.70. The minimum atomic E-state index is -0.852. The summed E-state index contributed by atoms with van der Waals surface area (Å²) in [4.78, 5) is 16.9. The van der Waals surface area contributed by atoms with E-state index in [9.17, 15) is 13.6 Å². The van der Waals surface area contributed by atoms with E-state index in [4.69, 9.17) is 0 Å². The summed E-state index contributed by atoms with van der Waals surface area (Å²) >= 11 is 1.13. The van der Waals surface area contributed by atoms with Gasteiger partial charge in [0.25, 0.3) is 0 Å². The lowest BCUT2D eigenvalue weighted by molar-refractivity contribution is 0.101. The highest BCUT2D eigenvalue weighted by Gasteiger charge is 2.61. The van der Waals surface area contributed by atoms with E-state index in [1.165, 1.54) is 0 Å². The summed E-state index contributed by atoms with van der Waals surface area (Å²) in [6.07, 6.45) is 2.17. The molecule has 26 heavy (non-hydrogen) atoms. The van der Waals surface area contributed by atoms with E-state index in [0.29, 0.717) is 17.1 Å². The molecule has 2 bridgehead atoms. The lowest BCUT2D eigenvalue weighted by Gasteiger charge is -2.33. The quantitative estimate of drug-likeness (QED) is 0.589. The van der Waals surface area contributed by atoms with Crippen molar-refractivity contribution < 1.29 is 13.6 Å². The summed E-state index contributed by atoms with van der Waals surface area (Å²) in [6.45, 7) is 6.73. The molecule has 0 saturated heterocycles. The number of benzene rings is 1. The van der Waals surface area contributed by atoms with Gasteiger partial charge in [0.05, 0.1) is 22.7 Å². The highest BCUT2D eigenvalue weighted by atomic mass is 32.2. The van der Waals surface area contributed by atoms with Crippen molar-refractivity contribution in [1.82, 2.24) is 15.2 Å². The zero-order valence-corrected chi connectivity index (χ0v) is 15.7. The molecular weight excluding hydrogens is 356 g/mol.